The Morgan fingerprint density at radius 1 is 1.32 bits per heavy atom. The first-order chi connectivity index (χ1) is 9.26. The standard InChI is InChI=1S/C14H21ClN4/c1-3-19(4-2)10-6-9-16-14-11-7-5-8-12(15)13(11)17-18-14/h5,7-8H,3-4,6,9-10H2,1-2H3,(H2,16,17,18). The molecule has 1 aromatic heterocycles. The zero-order chi connectivity index (χ0) is 13.7. The first-order valence-electron chi connectivity index (χ1n) is 6.85. The van der Waals surface area contributed by atoms with Crippen molar-refractivity contribution < 1.29 is 0 Å². The molecule has 0 saturated carbocycles. The van der Waals surface area contributed by atoms with Crippen molar-refractivity contribution >= 4 is 28.3 Å². The molecule has 5 heteroatoms. The lowest BCUT2D eigenvalue weighted by Crippen LogP contribution is -2.25. The van der Waals surface area contributed by atoms with E-state index in [1.807, 2.05) is 18.2 Å². The number of H-pyrrole nitrogens is 1. The minimum atomic E-state index is 0.709. The molecular formula is C14H21ClN4. The van der Waals surface area contributed by atoms with Crippen molar-refractivity contribution in [2.24, 2.45) is 0 Å². The summed E-state index contributed by atoms with van der Waals surface area (Å²) >= 11 is 6.11. The Labute approximate surface area is 119 Å². The van der Waals surface area contributed by atoms with Gasteiger partial charge in [-0.05, 0) is 38.2 Å². The molecule has 0 spiro atoms. The molecular weight excluding hydrogens is 260 g/mol. The lowest BCUT2D eigenvalue weighted by molar-refractivity contribution is 0.303. The van der Waals surface area contributed by atoms with Gasteiger partial charge in [0.05, 0.1) is 10.5 Å². The van der Waals surface area contributed by atoms with Crippen LogP contribution in [0.4, 0.5) is 5.82 Å². The van der Waals surface area contributed by atoms with Crippen molar-refractivity contribution in [1.82, 2.24) is 15.1 Å². The van der Waals surface area contributed by atoms with Gasteiger partial charge >= 0.3 is 0 Å². The number of rotatable bonds is 7. The van der Waals surface area contributed by atoms with E-state index < -0.39 is 0 Å². The third kappa shape index (κ3) is 3.39. The Balaban J connectivity index is 1.90. The number of aromatic amines is 1. The van der Waals surface area contributed by atoms with Gasteiger partial charge in [-0.15, -0.1) is 0 Å². The number of nitrogens with zero attached hydrogens (tertiary/aromatic N) is 2. The van der Waals surface area contributed by atoms with Crippen molar-refractivity contribution in [3.05, 3.63) is 23.2 Å². The fourth-order valence-electron chi connectivity index (χ4n) is 2.19. The summed E-state index contributed by atoms with van der Waals surface area (Å²) in [6, 6.07) is 5.84. The molecule has 4 nitrogen and oxygen atoms in total. The van der Waals surface area contributed by atoms with Gasteiger partial charge in [0.15, 0.2) is 5.82 Å². The topological polar surface area (TPSA) is 44.0 Å². The molecule has 0 atom stereocenters. The summed E-state index contributed by atoms with van der Waals surface area (Å²) in [6.45, 7) is 8.64. The van der Waals surface area contributed by atoms with Crippen molar-refractivity contribution in [2.75, 3.05) is 31.5 Å². The van der Waals surface area contributed by atoms with Crippen LogP contribution in [-0.2, 0) is 0 Å². The molecule has 1 heterocycles. The van der Waals surface area contributed by atoms with E-state index in [-0.39, 0.29) is 0 Å². The molecule has 19 heavy (non-hydrogen) atoms. The van der Waals surface area contributed by atoms with E-state index in [9.17, 15) is 0 Å². The number of fused-ring (bicyclic) bond motifs is 1. The molecule has 0 aliphatic rings. The number of anilines is 1. The normalized spacial score (nSPS) is 11.4. The molecule has 0 amide bonds. The van der Waals surface area contributed by atoms with Gasteiger partial charge < -0.3 is 10.2 Å². The third-order valence-electron chi connectivity index (χ3n) is 3.39. The van der Waals surface area contributed by atoms with Crippen LogP contribution in [-0.4, -0.2) is 41.3 Å². The highest BCUT2D eigenvalue weighted by Gasteiger charge is 2.07. The average molecular weight is 281 g/mol. The van der Waals surface area contributed by atoms with Crippen LogP contribution in [0.3, 0.4) is 0 Å². The average Bonchev–Trinajstić information content (AvgIpc) is 2.84. The molecule has 0 aliphatic heterocycles. The maximum Gasteiger partial charge on any atom is 0.155 e. The SMILES string of the molecule is CCN(CC)CCCNc1n[nH]c2c(Cl)cccc12. The number of benzene rings is 1. The quantitative estimate of drug-likeness (QED) is 0.765. The smallest absolute Gasteiger partial charge is 0.155 e. The highest BCUT2D eigenvalue weighted by Crippen LogP contribution is 2.26. The van der Waals surface area contributed by atoms with E-state index in [2.05, 4.69) is 34.3 Å². The second-order valence-electron chi connectivity index (χ2n) is 4.54. The van der Waals surface area contributed by atoms with Crippen LogP contribution in [0.1, 0.15) is 20.3 Å². The van der Waals surface area contributed by atoms with Gasteiger partial charge in [0.25, 0.3) is 0 Å². The Bertz CT molecular complexity index is 519. The first kappa shape index (κ1) is 14.2. The second kappa shape index (κ2) is 6.78. The number of halogens is 1. The maximum absolute atomic E-state index is 6.11. The lowest BCUT2D eigenvalue weighted by atomic mass is 10.2. The lowest BCUT2D eigenvalue weighted by Gasteiger charge is -2.17. The fraction of sp³-hybridized carbons (Fsp3) is 0.500. The van der Waals surface area contributed by atoms with E-state index in [0.717, 1.165) is 49.3 Å². The fourth-order valence-corrected chi connectivity index (χ4v) is 2.41. The van der Waals surface area contributed by atoms with Gasteiger partial charge in [-0.2, -0.15) is 5.10 Å². The maximum atomic E-state index is 6.11. The summed E-state index contributed by atoms with van der Waals surface area (Å²) < 4.78 is 0. The molecule has 1 aromatic carbocycles. The van der Waals surface area contributed by atoms with Crippen LogP contribution in [0.15, 0.2) is 18.2 Å². The number of nitrogens with one attached hydrogen (secondary N) is 2. The van der Waals surface area contributed by atoms with Gasteiger partial charge in [0.2, 0.25) is 0 Å². The Morgan fingerprint density at radius 2 is 2.11 bits per heavy atom. The third-order valence-corrected chi connectivity index (χ3v) is 3.70. The molecule has 2 N–H and O–H groups in total. The van der Waals surface area contributed by atoms with Crippen molar-refractivity contribution in [3.8, 4) is 0 Å². The number of hydrogen-bond acceptors (Lipinski definition) is 3. The molecule has 0 aliphatic carbocycles. The van der Waals surface area contributed by atoms with Gasteiger partial charge in [0.1, 0.15) is 0 Å². The molecule has 0 fully saturated rings. The van der Waals surface area contributed by atoms with Crippen molar-refractivity contribution in [2.45, 2.75) is 20.3 Å². The second-order valence-corrected chi connectivity index (χ2v) is 4.95. The van der Waals surface area contributed by atoms with Gasteiger partial charge in [-0.1, -0.05) is 31.5 Å². The minimum Gasteiger partial charge on any atom is -0.368 e. The first-order valence-corrected chi connectivity index (χ1v) is 7.22. The molecule has 0 unspecified atom stereocenters. The monoisotopic (exact) mass is 280 g/mol. The van der Waals surface area contributed by atoms with Gasteiger partial charge in [0, 0.05) is 11.9 Å². The number of para-hydroxylation sites is 1. The Morgan fingerprint density at radius 3 is 2.84 bits per heavy atom. The highest BCUT2D eigenvalue weighted by molar-refractivity contribution is 6.35. The van der Waals surface area contributed by atoms with Gasteiger partial charge in [-0.25, -0.2) is 0 Å². The van der Waals surface area contributed by atoms with Crippen molar-refractivity contribution in [1.29, 1.82) is 0 Å². The summed E-state index contributed by atoms with van der Waals surface area (Å²) in [5.41, 5.74) is 0.899. The highest BCUT2D eigenvalue weighted by atomic mass is 35.5. The van der Waals surface area contributed by atoms with E-state index in [1.54, 1.807) is 0 Å². The van der Waals surface area contributed by atoms with Crippen LogP contribution < -0.4 is 5.32 Å². The largest absolute Gasteiger partial charge is 0.368 e. The molecule has 0 saturated heterocycles. The summed E-state index contributed by atoms with van der Waals surface area (Å²) in [5, 5.41) is 12.4. The summed E-state index contributed by atoms with van der Waals surface area (Å²) in [5.74, 6) is 0.886. The predicted molar refractivity (Wildman–Crippen MR) is 82.0 cm³/mol. The van der Waals surface area contributed by atoms with Gasteiger partial charge in [-0.3, -0.25) is 5.10 Å². The van der Waals surface area contributed by atoms with Crippen LogP contribution >= 0.6 is 11.6 Å². The molecule has 2 rings (SSSR count). The van der Waals surface area contributed by atoms with Crippen LogP contribution in [0.25, 0.3) is 10.9 Å². The molecule has 104 valence electrons. The van der Waals surface area contributed by atoms with Crippen LogP contribution in [0, 0.1) is 0 Å². The van der Waals surface area contributed by atoms with E-state index in [4.69, 9.17) is 11.6 Å². The summed E-state index contributed by atoms with van der Waals surface area (Å²) in [4.78, 5) is 2.42. The van der Waals surface area contributed by atoms with Crippen molar-refractivity contribution in [3.63, 3.8) is 0 Å². The molecule has 0 bridgehead atoms. The zero-order valence-corrected chi connectivity index (χ0v) is 12.3. The van der Waals surface area contributed by atoms with Crippen LogP contribution in [0.5, 0.6) is 0 Å². The summed E-state index contributed by atoms with van der Waals surface area (Å²) in [6.07, 6.45) is 1.11. The minimum absolute atomic E-state index is 0.709. The number of hydrogen-bond donors (Lipinski definition) is 2. The zero-order valence-electron chi connectivity index (χ0n) is 11.5. The number of aromatic nitrogens is 2. The Kier molecular flexibility index (Phi) is 5.05. The van der Waals surface area contributed by atoms with Crippen LogP contribution in [0.2, 0.25) is 5.02 Å². The van der Waals surface area contributed by atoms with E-state index in [0.29, 0.717) is 5.02 Å². The predicted octanol–water partition coefficient (Wildman–Crippen LogP) is 3.36. The summed E-state index contributed by atoms with van der Waals surface area (Å²) in [7, 11) is 0. The van der Waals surface area contributed by atoms with E-state index >= 15 is 0 Å². The molecule has 2 aromatic rings. The molecule has 0 radical (unpaired) electrons. The Hall–Kier alpha value is -1.26. The van der Waals surface area contributed by atoms with E-state index in [1.165, 1.54) is 0 Å².